The summed E-state index contributed by atoms with van der Waals surface area (Å²) in [7, 11) is -3.99. The zero-order chi connectivity index (χ0) is 21.0. The van der Waals surface area contributed by atoms with Gasteiger partial charge in [-0.3, -0.25) is 9.52 Å². The van der Waals surface area contributed by atoms with Crippen molar-refractivity contribution >= 4 is 21.6 Å². The Bertz CT molecular complexity index is 1130. The zero-order valence-corrected chi connectivity index (χ0v) is 16.8. The molecule has 150 valence electrons. The van der Waals surface area contributed by atoms with Gasteiger partial charge < -0.3 is 5.32 Å². The first-order valence-electron chi connectivity index (χ1n) is 9.02. The molecule has 7 heteroatoms. The second-order valence-corrected chi connectivity index (χ2v) is 8.32. The lowest BCUT2D eigenvalue weighted by Crippen LogP contribution is -2.28. The predicted molar refractivity (Wildman–Crippen MR) is 111 cm³/mol. The fourth-order valence-corrected chi connectivity index (χ4v) is 4.29. The Morgan fingerprint density at radius 1 is 0.966 bits per heavy atom. The second-order valence-electron chi connectivity index (χ2n) is 6.67. The summed E-state index contributed by atoms with van der Waals surface area (Å²) in [5.41, 5.74) is 1.55. The summed E-state index contributed by atoms with van der Waals surface area (Å²) in [5, 5.41) is 2.87. The molecule has 1 atom stereocenters. The van der Waals surface area contributed by atoms with Gasteiger partial charge in [0.25, 0.3) is 15.9 Å². The molecular formula is C22H21FN2O3S. The van der Waals surface area contributed by atoms with E-state index in [0.717, 1.165) is 17.7 Å². The van der Waals surface area contributed by atoms with E-state index >= 15 is 0 Å². The molecule has 0 aromatic heterocycles. The van der Waals surface area contributed by atoms with Crippen LogP contribution in [0.5, 0.6) is 0 Å². The van der Waals surface area contributed by atoms with Crippen LogP contribution in [0, 0.1) is 12.7 Å². The molecule has 0 heterocycles. The Kier molecular flexibility index (Phi) is 5.98. The van der Waals surface area contributed by atoms with E-state index in [2.05, 4.69) is 10.0 Å². The van der Waals surface area contributed by atoms with Crippen LogP contribution in [0.4, 0.5) is 10.1 Å². The van der Waals surface area contributed by atoms with Gasteiger partial charge in [0.1, 0.15) is 5.82 Å². The monoisotopic (exact) mass is 412 g/mol. The van der Waals surface area contributed by atoms with E-state index in [1.807, 2.05) is 37.3 Å². The molecule has 3 aromatic rings. The lowest BCUT2D eigenvalue weighted by molar-refractivity contribution is 0.0941. The number of carbonyl (C=O) groups is 1. The van der Waals surface area contributed by atoms with Crippen molar-refractivity contribution in [1.82, 2.24) is 5.32 Å². The molecule has 0 aliphatic rings. The van der Waals surface area contributed by atoms with Crippen LogP contribution in [-0.2, 0) is 10.0 Å². The Morgan fingerprint density at radius 3 is 2.31 bits per heavy atom. The number of aryl methyl sites for hydroxylation is 1. The molecule has 0 spiro atoms. The van der Waals surface area contributed by atoms with Gasteiger partial charge in [0.2, 0.25) is 0 Å². The Labute approximate surface area is 169 Å². The second kappa shape index (κ2) is 8.45. The molecule has 29 heavy (non-hydrogen) atoms. The topological polar surface area (TPSA) is 75.3 Å². The standard InChI is InChI=1S/C22H21FN2O3S/c1-15-14-18(23)12-13-21(15)29(27,28)25-20-11-7-6-10-19(20)22(26)24-16(2)17-8-4-3-5-9-17/h3-14,16,25H,1-2H3,(H,24,26). The minimum Gasteiger partial charge on any atom is -0.345 e. The molecule has 0 bridgehead atoms. The minimum atomic E-state index is -3.99. The molecule has 3 rings (SSSR count). The number of anilines is 1. The molecule has 1 unspecified atom stereocenters. The number of amides is 1. The predicted octanol–water partition coefficient (Wildman–Crippen LogP) is 4.43. The molecule has 1 amide bonds. The molecule has 0 saturated carbocycles. The van der Waals surface area contributed by atoms with Crippen LogP contribution in [0.15, 0.2) is 77.7 Å². The average molecular weight is 412 g/mol. The van der Waals surface area contributed by atoms with Crippen molar-refractivity contribution in [2.24, 2.45) is 0 Å². The van der Waals surface area contributed by atoms with Crippen molar-refractivity contribution in [2.75, 3.05) is 4.72 Å². The normalized spacial score (nSPS) is 12.2. The average Bonchev–Trinajstić information content (AvgIpc) is 2.68. The highest BCUT2D eigenvalue weighted by Gasteiger charge is 2.21. The van der Waals surface area contributed by atoms with E-state index in [-0.39, 0.29) is 27.8 Å². The summed E-state index contributed by atoms with van der Waals surface area (Å²) in [5.74, 6) is -0.924. The van der Waals surface area contributed by atoms with Crippen molar-refractivity contribution in [3.05, 3.63) is 95.3 Å². The highest BCUT2D eigenvalue weighted by atomic mass is 32.2. The summed E-state index contributed by atoms with van der Waals surface area (Å²) in [6, 6.07) is 19.0. The van der Waals surface area contributed by atoms with Crippen LogP contribution in [0.25, 0.3) is 0 Å². The fraction of sp³-hybridized carbons (Fsp3) is 0.136. The Hall–Kier alpha value is -3.19. The van der Waals surface area contributed by atoms with Gasteiger partial charge in [0.05, 0.1) is 22.2 Å². The summed E-state index contributed by atoms with van der Waals surface area (Å²) in [4.78, 5) is 12.7. The number of carbonyl (C=O) groups excluding carboxylic acids is 1. The SMILES string of the molecule is Cc1cc(F)ccc1S(=O)(=O)Nc1ccccc1C(=O)NC(C)c1ccccc1. The number of nitrogens with one attached hydrogen (secondary N) is 2. The van der Waals surface area contributed by atoms with Crippen LogP contribution in [0.2, 0.25) is 0 Å². The van der Waals surface area contributed by atoms with Crippen LogP contribution in [0.1, 0.15) is 34.5 Å². The van der Waals surface area contributed by atoms with Gasteiger partial charge in [0, 0.05) is 0 Å². The lowest BCUT2D eigenvalue weighted by Gasteiger charge is -2.17. The van der Waals surface area contributed by atoms with Crippen LogP contribution in [0.3, 0.4) is 0 Å². The first-order valence-corrected chi connectivity index (χ1v) is 10.5. The number of hydrogen-bond acceptors (Lipinski definition) is 3. The van der Waals surface area contributed by atoms with E-state index in [1.165, 1.54) is 19.1 Å². The molecule has 2 N–H and O–H groups in total. The smallest absolute Gasteiger partial charge is 0.262 e. The highest BCUT2D eigenvalue weighted by molar-refractivity contribution is 7.92. The Balaban J connectivity index is 1.86. The summed E-state index contributed by atoms with van der Waals surface area (Å²) in [6.45, 7) is 3.36. The molecule has 5 nitrogen and oxygen atoms in total. The number of para-hydroxylation sites is 1. The maximum absolute atomic E-state index is 13.3. The molecule has 0 saturated heterocycles. The van der Waals surface area contributed by atoms with Crippen molar-refractivity contribution in [1.29, 1.82) is 0 Å². The van der Waals surface area contributed by atoms with E-state index in [9.17, 15) is 17.6 Å². The minimum absolute atomic E-state index is 0.0493. The first kappa shape index (κ1) is 20.5. The quantitative estimate of drug-likeness (QED) is 0.629. The van der Waals surface area contributed by atoms with Crippen molar-refractivity contribution < 1.29 is 17.6 Å². The number of hydrogen-bond donors (Lipinski definition) is 2. The van der Waals surface area contributed by atoms with Gasteiger partial charge in [-0.1, -0.05) is 42.5 Å². The molecular weight excluding hydrogens is 391 g/mol. The van der Waals surface area contributed by atoms with Gasteiger partial charge in [-0.15, -0.1) is 0 Å². The number of rotatable bonds is 6. The van der Waals surface area contributed by atoms with Gasteiger partial charge in [-0.2, -0.15) is 0 Å². The molecule has 3 aromatic carbocycles. The van der Waals surface area contributed by atoms with E-state index in [4.69, 9.17) is 0 Å². The van der Waals surface area contributed by atoms with E-state index in [0.29, 0.717) is 0 Å². The molecule has 0 fully saturated rings. The molecule has 0 aliphatic carbocycles. The Morgan fingerprint density at radius 2 is 1.62 bits per heavy atom. The summed E-state index contributed by atoms with van der Waals surface area (Å²) < 4.78 is 41.3. The summed E-state index contributed by atoms with van der Waals surface area (Å²) in [6.07, 6.45) is 0. The van der Waals surface area contributed by atoms with E-state index < -0.39 is 21.7 Å². The summed E-state index contributed by atoms with van der Waals surface area (Å²) >= 11 is 0. The first-order chi connectivity index (χ1) is 13.8. The van der Waals surface area contributed by atoms with Crippen molar-refractivity contribution in [2.45, 2.75) is 24.8 Å². The number of halogens is 1. The number of sulfonamides is 1. The largest absolute Gasteiger partial charge is 0.345 e. The highest BCUT2D eigenvalue weighted by Crippen LogP contribution is 2.23. The van der Waals surface area contributed by atoms with Crippen LogP contribution in [-0.4, -0.2) is 14.3 Å². The van der Waals surface area contributed by atoms with Crippen LogP contribution >= 0.6 is 0 Å². The third-order valence-corrected chi connectivity index (χ3v) is 6.02. The molecule has 0 radical (unpaired) electrons. The molecule has 0 aliphatic heterocycles. The third-order valence-electron chi connectivity index (χ3n) is 4.49. The zero-order valence-electron chi connectivity index (χ0n) is 16.0. The number of benzene rings is 3. The third kappa shape index (κ3) is 4.81. The van der Waals surface area contributed by atoms with Gasteiger partial charge in [-0.25, -0.2) is 12.8 Å². The van der Waals surface area contributed by atoms with Crippen molar-refractivity contribution in [3.63, 3.8) is 0 Å². The van der Waals surface area contributed by atoms with Gasteiger partial charge in [-0.05, 0) is 55.3 Å². The van der Waals surface area contributed by atoms with Crippen LogP contribution < -0.4 is 10.0 Å². The lowest BCUT2D eigenvalue weighted by atomic mass is 10.1. The maximum Gasteiger partial charge on any atom is 0.262 e. The maximum atomic E-state index is 13.3. The fourth-order valence-electron chi connectivity index (χ4n) is 2.98. The van der Waals surface area contributed by atoms with E-state index in [1.54, 1.807) is 18.2 Å². The van der Waals surface area contributed by atoms with Crippen molar-refractivity contribution in [3.8, 4) is 0 Å². The van der Waals surface area contributed by atoms with Gasteiger partial charge >= 0.3 is 0 Å². The van der Waals surface area contributed by atoms with Gasteiger partial charge in [0.15, 0.2) is 0 Å².